The van der Waals surface area contributed by atoms with Crippen LogP contribution in [0.4, 0.5) is 0 Å². The summed E-state index contributed by atoms with van der Waals surface area (Å²) in [5.41, 5.74) is 1.86. The lowest BCUT2D eigenvalue weighted by atomic mass is 10.1. The summed E-state index contributed by atoms with van der Waals surface area (Å²) in [6, 6.07) is 19.6. The third-order valence-electron chi connectivity index (χ3n) is 4.78. The fraction of sp³-hybridized carbons (Fsp3) is 0.130. The maximum atomic E-state index is 13.2. The van der Waals surface area contributed by atoms with Crippen molar-refractivity contribution in [1.29, 1.82) is 0 Å². The summed E-state index contributed by atoms with van der Waals surface area (Å²) in [7, 11) is -0.684. The summed E-state index contributed by atoms with van der Waals surface area (Å²) < 4.78 is 31.9. The molecule has 0 aliphatic carbocycles. The molecular formula is C23H21N3O4S2. The first kappa shape index (κ1) is 21.9. The molecule has 164 valence electrons. The molecule has 1 amide bonds. The molecule has 0 saturated carbocycles. The summed E-state index contributed by atoms with van der Waals surface area (Å²) in [5.74, 6) is 0.241. The average molecular weight is 468 g/mol. The largest absolute Gasteiger partial charge is 0.462 e. The van der Waals surface area contributed by atoms with Gasteiger partial charge in [0.25, 0.3) is 5.91 Å². The zero-order valence-electron chi connectivity index (χ0n) is 17.5. The van der Waals surface area contributed by atoms with Crippen LogP contribution in [0.2, 0.25) is 0 Å². The van der Waals surface area contributed by atoms with Crippen molar-refractivity contribution >= 4 is 27.3 Å². The Bertz CT molecular complexity index is 1330. The zero-order chi connectivity index (χ0) is 22.7. The summed E-state index contributed by atoms with van der Waals surface area (Å²) in [5, 5.41) is 3.45. The van der Waals surface area contributed by atoms with Crippen molar-refractivity contribution in [1.82, 2.24) is 14.6 Å². The molecule has 2 heterocycles. The third-order valence-corrected chi connectivity index (χ3v) is 7.77. The monoisotopic (exact) mass is 467 g/mol. The number of hydrogen-bond acceptors (Lipinski definition) is 6. The van der Waals surface area contributed by atoms with E-state index in [1.165, 1.54) is 31.5 Å². The SMILES string of the molecule is CN(C)S(=O)(=O)c1ccccc1CNC(=O)c1sc(-c2ccco2)nc1-c1ccccc1. The second kappa shape index (κ2) is 9.07. The van der Waals surface area contributed by atoms with Gasteiger partial charge in [-0.2, -0.15) is 0 Å². The van der Waals surface area contributed by atoms with E-state index >= 15 is 0 Å². The van der Waals surface area contributed by atoms with Gasteiger partial charge >= 0.3 is 0 Å². The molecule has 0 bridgehead atoms. The molecule has 0 atom stereocenters. The lowest BCUT2D eigenvalue weighted by molar-refractivity contribution is 0.0955. The number of carbonyl (C=O) groups excluding carboxylic acids is 1. The number of aromatic nitrogens is 1. The minimum Gasteiger partial charge on any atom is -0.462 e. The first-order chi connectivity index (χ1) is 15.4. The van der Waals surface area contributed by atoms with Crippen LogP contribution < -0.4 is 5.32 Å². The van der Waals surface area contributed by atoms with E-state index in [0.29, 0.717) is 26.9 Å². The van der Waals surface area contributed by atoms with Crippen LogP contribution in [-0.2, 0) is 16.6 Å². The predicted octanol–water partition coefficient (Wildman–Crippen LogP) is 4.25. The Balaban J connectivity index is 1.65. The molecule has 4 rings (SSSR count). The van der Waals surface area contributed by atoms with Gasteiger partial charge in [-0.15, -0.1) is 11.3 Å². The molecule has 0 fully saturated rings. The first-order valence-corrected chi connectivity index (χ1v) is 12.0. The first-order valence-electron chi connectivity index (χ1n) is 9.76. The zero-order valence-corrected chi connectivity index (χ0v) is 19.1. The Morgan fingerprint density at radius 3 is 2.44 bits per heavy atom. The number of carbonyl (C=O) groups is 1. The molecule has 0 spiro atoms. The van der Waals surface area contributed by atoms with Crippen molar-refractivity contribution in [2.45, 2.75) is 11.4 Å². The molecule has 4 aromatic rings. The molecule has 0 radical (unpaired) electrons. The molecular weight excluding hydrogens is 446 g/mol. The van der Waals surface area contributed by atoms with Gasteiger partial charge in [0.05, 0.1) is 16.9 Å². The van der Waals surface area contributed by atoms with Crippen LogP contribution in [0.1, 0.15) is 15.2 Å². The van der Waals surface area contributed by atoms with E-state index in [2.05, 4.69) is 10.3 Å². The van der Waals surface area contributed by atoms with Crippen LogP contribution >= 0.6 is 11.3 Å². The smallest absolute Gasteiger partial charge is 0.263 e. The number of nitrogens with zero attached hydrogens (tertiary/aromatic N) is 2. The summed E-state index contributed by atoms with van der Waals surface area (Å²) in [6.07, 6.45) is 1.56. The highest BCUT2D eigenvalue weighted by Crippen LogP contribution is 2.34. The number of furan rings is 1. The number of benzene rings is 2. The van der Waals surface area contributed by atoms with Gasteiger partial charge in [0, 0.05) is 26.2 Å². The van der Waals surface area contributed by atoms with Gasteiger partial charge in [0.1, 0.15) is 4.88 Å². The van der Waals surface area contributed by atoms with Crippen molar-refractivity contribution in [3.8, 4) is 22.0 Å². The van der Waals surface area contributed by atoms with Gasteiger partial charge in [-0.25, -0.2) is 17.7 Å². The second-order valence-corrected chi connectivity index (χ2v) is 10.2. The molecule has 7 nitrogen and oxygen atoms in total. The number of thiazole rings is 1. The Kier molecular flexibility index (Phi) is 6.22. The quantitative estimate of drug-likeness (QED) is 0.439. The lowest BCUT2D eigenvalue weighted by Crippen LogP contribution is -2.27. The van der Waals surface area contributed by atoms with Crippen molar-refractivity contribution < 1.29 is 17.6 Å². The van der Waals surface area contributed by atoms with Gasteiger partial charge in [0.2, 0.25) is 10.0 Å². The molecule has 2 aromatic carbocycles. The Morgan fingerprint density at radius 2 is 1.75 bits per heavy atom. The molecule has 0 unspecified atom stereocenters. The number of hydrogen-bond donors (Lipinski definition) is 1. The summed E-state index contributed by atoms with van der Waals surface area (Å²) >= 11 is 1.23. The maximum Gasteiger partial charge on any atom is 0.263 e. The third kappa shape index (κ3) is 4.36. The topological polar surface area (TPSA) is 92.5 Å². The van der Waals surface area contributed by atoms with Crippen LogP contribution in [0.5, 0.6) is 0 Å². The highest BCUT2D eigenvalue weighted by Gasteiger charge is 2.23. The van der Waals surface area contributed by atoms with Gasteiger partial charge < -0.3 is 9.73 Å². The van der Waals surface area contributed by atoms with E-state index in [4.69, 9.17) is 4.42 Å². The standard InChI is InChI=1S/C23H21N3O4S2/c1-26(2)32(28,29)19-13-7-6-11-17(19)15-24-22(27)21-20(16-9-4-3-5-10-16)25-23(31-21)18-12-8-14-30-18/h3-14H,15H2,1-2H3,(H,24,27). The van der Waals surface area contributed by atoms with E-state index in [9.17, 15) is 13.2 Å². The van der Waals surface area contributed by atoms with Gasteiger partial charge in [-0.05, 0) is 23.8 Å². The Labute approximate surface area is 190 Å². The Morgan fingerprint density at radius 1 is 1.03 bits per heavy atom. The van der Waals surface area contributed by atoms with Gasteiger partial charge in [-0.1, -0.05) is 48.5 Å². The average Bonchev–Trinajstić information content (AvgIpc) is 3.48. The van der Waals surface area contributed by atoms with Crippen molar-refractivity contribution in [3.63, 3.8) is 0 Å². The molecule has 1 N–H and O–H groups in total. The van der Waals surface area contributed by atoms with E-state index < -0.39 is 10.0 Å². The fourth-order valence-electron chi connectivity index (χ4n) is 3.13. The molecule has 2 aromatic heterocycles. The van der Waals surface area contributed by atoms with Crippen LogP contribution in [0, 0.1) is 0 Å². The molecule has 0 aliphatic rings. The highest BCUT2D eigenvalue weighted by atomic mass is 32.2. The van der Waals surface area contributed by atoms with E-state index in [-0.39, 0.29) is 17.3 Å². The number of rotatable bonds is 7. The Hall–Kier alpha value is -3.27. The minimum absolute atomic E-state index is 0.0598. The number of amides is 1. The van der Waals surface area contributed by atoms with Gasteiger partial charge in [-0.3, -0.25) is 4.79 Å². The minimum atomic E-state index is -3.64. The fourth-order valence-corrected chi connectivity index (χ4v) is 5.21. The van der Waals surface area contributed by atoms with E-state index in [1.54, 1.807) is 36.6 Å². The molecule has 32 heavy (non-hydrogen) atoms. The highest BCUT2D eigenvalue weighted by molar-refractivity contribution is 7.89. The van der Waals surface area contributed by atoms with Crippen LogP contribution in [0.25, 0.3) is 22.0 Å². The predicted molar refractivity (Wildman–Crippen MR) is 124 cm³/mol. The van der Waals surface area contributed by atoms with Crippen molar-refractivity contribution in [3.05, 3.63) is 83.4 Å². The summed E-state index contributed by atoms with van der Waals surface area (Å²) in [4.78, 5) is 18.4. The molecule has 0 aliphatic heterocycles. The van der Waals surface area contributed by atoms with Crippen molar-refractivity contribution in [2.24, 2.45) is 0 Å². The van der Waals surface area contributed by atoms with Crippen LogP contribution in [-0.4, -0.2) is 37.7 Å². The number of sulfonamides is 1. The maximum absolute atomic E-state index is 13.2. The second-order valence-electron chi connectivity index (χ2n) is 7.12. The van der Waals surface area contributed by atoms with Crippen LogP contribution in [0.15, 0.2) is 82.3 Å². The molecule has 9 heteroatoms. The van der Waals surface area contributed by atoms with E-state index in [0.717, 1.165) is 9.87 Å². The van der Waals surface area contributed by atoms with Crippen molar-refractivity contribution in [2.75, 3.05) is 14.1 Å². The molecule has 0 saturated heterocycles. The number of nitrogens with one attached hydrogen (secondary N) is 1. The lowest BCUT2D eigenvalue weighted by Gasteiger charge is -2.15. The van der Waals surface area contributed by atoms with Crippen LogP contribution in [0.3, 0.4) is 0 Å². The summed E-state index contributed by atoms with van der Waals surface area (Å²) in [6.45, 7) is 0.0598. The van der Waals surface area contributed by atoms with Gasteiger partial charge in [0.15, 0.2) is 10.8 Å². The normalized spacial score (nSPS) is 11.6. The van der Waals surface area contributed by atoms with E-state index in [1.807, 2.05) is 30.3 Å².